The van der Waals surface area contributed by atoms with Gasteiger partial charge in [-0.1, -0.05) is 151 Å². The van der Waals surface area contributed by atoms with E-state index in [0.29, 0.717) is 0 Å². The first-order valence-corrected chi connectivity index (χ1v) is 15.1. The lowest BCUT2D eigenvalue weighted by atomic mass is 9.25. The Morgan fingerprint density at radius 3 is 1.78 bits per heavy atom. The first-order chi connectivity index (χ1) is 13.0. The van der Waals surface area contributed by atoms with E-state index in [1.807, 2.05) is 0 Å². The van der Waals surface area contributed by atoms with Gasteiger partial charge >= 0.3 is 0 Å². The van der Waals surface area contributed by atoms with Gasteiger partial charge in [-0.25, -0.2) is 0 Å². The Morgan fingerprint density at radius 2 is 1.30 bits per heavy atom. The molecule has 0 aliphatic heterocycles. The fourth-order valence-electron chi connectivity index (χ4n) is 6.51. The minimum atomic E-state index is -1.39. The van der Waals surface area contributed by atoms with Crippen molar-refractivity contribution in [3.63, 3.8) is 0 Å². The third-order valence-electron chi connectivity index (χ3n) is 8.52. The Bertz CT molecular complexity index is 525. The molecule has 2 aliphatic carbocycles. The highest BCUT2D eigenvalue weighted by Crippen LogP contribution is 2.48. The smallest absolute Gasteiger partial charge is 0.0690 e. The Kier molecular flexibility index (Phi) is 7.71. The summed E-state index contributed by atoms with van der Waals surface area (Å²) in [7, 11) is -1.39. The van der Waals surface area contributed by atoms with Crippen molar-refractivity contribution in [2.45, 2.75) is 121 Å². The van der Waals surface area contributed by atoms with E-state index in [4.69, 9.17) is 0 Å². The highest BCUT2D eigenvalue weighted by atomic mass is 28.3. The molecule has 0 N–H and O–H groups in total. The van der Waals surface area contributed by atoms with Crippen LogP contribution in [-0.4, -0.2) is 14.8 Å². The quantitative estimate of drug-likeness (QED) is 0.420. The highest BCUT2D eigenvalue weighted by Gasteiger charge is 2.40. The van der Waals surface area contributed by atoms with Crippen molar-refractivity contribution in [1.29, 1.82) is 0 Å². The number of benzene rings is 1. The molecule has 0 bridgehead atoms. The van der Waals surface area contributed by atoms with Crippen molar-refractivity contribution < 1.29 is 0 Å². The van der Waals surface area contributed by atoms with Crippen LogP contribution in [0.2, 0.25) is 36.1 Å². The van der Waals surface area contributed by atoms with E-state index < -0.39 is 8.07 Å². The van der Waals surface area contributed by atoms with Gasteiger partial charge in [-0.05, 0) is 5.54 Å². The van der Waals surface area contributed by atoms with Crippen molar-refractivity contribution in [2.24, 2.45) is 0 Å². The molecule has 2 saturated carbocycles. The molecule has 0 heterocycles. The zero-order valence-electron chi connectivity index (χ0n) is 18.6. The highest BCUT2D eigenvalue weighted by molar-refractivity contribution is 6.91. The largest absolute Gasteiger partial charge is 0.149 e. The Labute approximate surface area is 171 Å². The monoisotopic (exact) mass is 382 g/mol. The summed E-state index contributed by atoms with van der Waals surface area (Å²) < 4.78 is 0. The van der Waals surface area contributed by atoms with Crippen LogP contribution in [0.15, 0.2) is 30.3 Å². The SMILES string of the molecule is C[C@H](C[C@H](C)[Si](C)(C)c1ccccc1)B(C1CCCCC1)C1CCCCC1. The molecule has 2 heteroatoms. The zero-order chi connectivity index (χ0) is 19.3. The van der Waals surface area contributed by atoms with Gasteiger partial charge in [0, 0.05) is 0 Å². The summed E-state index contributed by atoms with van der Waals surface area (Å²) in [5, 5.41) is 1.65. The second-order valence-electron chi connectivity index (χ2n) is 10.6. The number of hydrogen-bond donors (Lipinski definition) is 0. The summed E-state index contributed by atoms with van der Waals surface area (Å²) in [5.74, 6) is 2.97. The molecule has 2 atom stereocenters. The van der Waals surface area contributed by atoms with Crippen LogP contribution < -0.4 is 5.19 Å². The predicted molar refractivity (Wildman–Crippen MR) is 126 cm³/mol. The molecule has 1 aromatic rings. The molecule has 2 fully saturated rings. The first kappa shape index (κ1) is 21.2. The molecule has 3 rings (SSSR count). The zero-order valence-corrected chi connectivity index (χ0v) is 19.6. The van der Waals surface area contributed by atoms with Gasteiger partial charge in [-0.15, -0.1) is 0 Å². The summed E-state index contributed by atoms with van der Waals surface area (Å²) in [6.07, 6.45) is 16.5. The van der Waals surface area contributed by atoms with Gasteiger partial charge in [-0.2, -0.15) is 0 Å². The standard InChI is InChI=1S/C25H43BSi/c1-21(20-22(2)27(3,4)25-18-12-7-13-19-25)26(23-14-8-5-9-15-23)24-16-10-6-11-17-24/h7,12-13,18-19,21-24H,5-6,8-11,14-17,20H2,1-4H3/t21-,22+/m1/s1. The maximum atomic E-state index is 2.64. The molecule has 150 valence electrons. The van der Waals surface area contributed by atoms with Crippen LogP contribution >= 0.6 is 0 Å². The normalized spacial score (nSPS) is 22.4. The minimum absolute atomic E-state index is 0.865. The minimum Gasteiger partial charge on any atom is -0.0690 e. The number of rotatable bonds is 7. The molecule has 0 amide bonds. The summed E-state index contributed by atoms with van der Waals surface area (Å²) in [5.41, 5.74) is 0.865. The molecule has 0 aromatic heterocycles. The summed E-state index contributed by atoms with van der Waals surface area (Å²) >= 11 is 0. The first-order valence-electron chi connectivity index (χ1n) is 12.1. The van der Waals surface area contributed by atoms with Crippen molar-refractivity contribution in [3.8, 4) is 0 Å². The van der Waals surface area contributed by atoms with Gasteiger partial charge < -0.3 is 0 Å². The number of hydrogen-bond acceptors (Lipinski definition) is 0. The molecule has 1 aromatic carbocycles. The van der Waals surface area contributed by atoms with Crippen LogP contribution in [0, 0.1) is 0 Å². The lowest BCUT2D eigenvalue weighted by molar-refractivity contribution is 0.452. The molecule has 0 unspecified atom stereocenters. The maximum absolute atomic E-state index is 2.64. The van der Waals surface area contributed by atoms with Crippen molar-refractivity contribution in [3.05, 3.63) is 30.3 Å². The Balaban J connectivity index is 1.71. The third kappa shape index (κ3) is 5.31. The van der Waals surface area contributed by atoms with E-state index >= 15 is 0 Å². The van der Waals surface area contributed by atoms with E-state index in [-0.39, 0.29) is 0 Å². The van der Waals surface area contributed by atoms with E-state index in [9.17, 15) is 0 Å². The van der Waals surface area contributed by atoms with E-state index in [1.54, 1.807) is 5.19 Å². The van der Waals surface area contributed by atoms with Crippen molar-refractivity contribution >= 4 is 20.0 Å². The molecule has 0 nitrogen and oxygen atoms in total. The van der Waals surface area contributed by atoms with E-state index in [1.165, 1.54) is 70.6 Å². The molecule has 0 saturated heterocycles. The Hall–Kier alpha value is -0.498. The fraction of sp³-hybridized carbons (Fsp3) is 0.760. The van der Waals surface area contributed by atoms with Crippen molar-refractivity contribution in [2.75, 3.05) is 0 Å². The molecule has 0 radical (unpaired) electrons. The lowest BCUT2D eigenvalue weighted by Gasteiger charge is -2.41. The second kappa shape index (κ2) is 9.81. The van der Waals surface area contributed by atoms with Crippen LogP contribution in [0.25, 0.3) is 0 Å². The molecule has 27 heavy (non-hydrogen) atoms. The average molecular weight is 383 g/mol. The maximum Gasteiger partial charge on any atom is 0.149 e. The van der Waals surface area contributed by atoms with Crippen LogP contribution in [0.5, 0.6) is 0 Å². The summed E-state index contributed by atoms with van der Waals surface area (Å²) in [6.45, 7) is 11.4. The van der Waals surface area contributed by atoms with Crippen molar-refractivity contribution in [1.82, 2.24) is 0 Å². The van der Waals surface area contributed by atoms with Crippen LogP contribution in [0.3, 0.4) is 0 Å². The van der Waals surface area contributed by atoms with Gasteiger partial charge in [-0.3, -0.25) is 0 Å². The van der Waals surface area contributed by atoms with Crippen LogP contribution in [-0.2, 0) is 0 Å². The lowest BCUT2D eigenvalue weighted by Crippen LogP contribution is -2.46. The topological polar surface area (TPSA) is 0 Å². The molecular formula is C25H43BSi. The van der Waals surface area contributed by atoms with Gasteiger partial charge in [0.25, 0.3) is 0 Å². The molecule has 2 aliphatic rings. The van der Waals surface area contributed by atoms with Crippen LogP contribution in [0.4, 0.5) is 0 Å². The summed E-state index contributed by atoms with van der Waals surface area (Å²) in [6, 6.07) is 11.4. The molecular weight excluding hydrogens is 339 g/mol. The van der Waals surface area contributed by atoms with Gasteiger partial charge in [0.1, 0.15) is 6.71 Å². The third-order valence-corrected chi connectivity index (χ3v) is 13.0. The molecule has 0 spiro atoms. The van der Waals surface area contributed by atoms with Gasteiger partial charge in [0.2, 0.25) is 0 Å². The summed E-state index contributed by atoms with van der Waals surface area (Å²) in [4.78, 5) is 0. The second-order valence-corrected chi connectivity index (χ2v) is 15.6. The van der Waals surface area contributed by atoms with E-state index in [0.717, 1.165) is 29.7 Å². The van der Waals surface area contributed by atoms with E-state index in [2.05, 4.69) is 57.3 Å². The van der Waals surface area contributed by atoms with Crippen LogP contribution in [0.1, 0.15) is 84.5 Å². The predicted octanol–water partition coefficient (Wildman–Crippen LogP) is 7.94. The van der Waals surface area contributed by atoms with Gasteiger partial charge in [0.05, 0.1) is 8.07 Å². The average Bonchev–Trinajstić information content (AvgIpc) is 2.70. The fourth-order valence-corrected chi connectivity index (χ4v) is 9.10. The Morgan fingerprint density at radius 1 is 0.815 bits per heavy atom. The van der Waals surface area contributed by atoms with Gasteiger partial charge in [0.15, 0.2) is 0 Å².